The summed E-state index contributed by atoms with van der Waals surface area (Å²) in [5.74, 6) is 1.95. The maximum Gasteiger partial charge on any atom is 0.211 e. The summed E-state index contributed by atoms with van der Waals surface area (Å²) in [6.07, 6.45) is 6.62. The minimum atomic E-state index is -3.10. The van der Waals surface area contributed by atoms with Gasteiger partial charge in [0.05, 0.1) is 5.75 Å². The molecule has 0 bridgehead atoms. The van der Waals surface area contributed by atoms with E-state index in [1.54, 1.807) is 0 Å². The number of nitrogens with one attached hydrogen (secondary N) is 1. The molecular formula is C12H24ClNO2S. The van der Waals surface area contributed by atoms with Crippen molar-refractivity contribution in [2.75, 3.05) is 18.2 Å². The molecule has 1 aliphatic carbocycles. The van der Waals surface area contributed by atoms with Gasteiger partial charge in [-0.05, 0) is 31.1 Å². The van der Waals surface area contributed by atoms with Gasteiger partial charge in [-0.25, -0.2) is 13.1 Å². The molecule has 102 valence electrons. The fraction of sp³-hybridized carbons (Fsp3) is 1.00. The maximum absolute atomic E-state index is 11.6. The van der Waals surface area contributed by atoms with Gasteiger partial charge in [-0.15, -0.1) is 11.6 Å². The largest absolute Gasteiger partial charge is 0.215 e. The third-order valence-electron chi connectivity index (χ3n) is 3.68. The minimum absolute atomic E-state index is 0.154. The molecule has 0 heterocycles. The summed E-state index contributed by atoms with van der Waals surface area (Å²) >= 11 is 5.50. The number of sulfonamides is 1. The predicted octanol–water partition coefficient (Wildman–Crippen LogP) is 2.75. The molecule has 0 aromatic rings. The Balaban J connectivity index is 2.23. The van der Waals surface area contributed by atoms with Crippen LogP contribution in [0.2, 0.25) is 0 Å². The lowest BCUT2D eigenvalue weighted by atomic mass is 9.81. The third kappa shape index (κ3) is 6.07. The molecule has 1 aliphatic rings. The monoisotopic (exact) mass is 281 g/mol. The van der Waals surface area contributed by atoms with Crippen molar-refractivity contribution in [2.24, 2.45) is 11.8 Å². The Labute approximate surface area is 110 Å². The lowest BCUT2D eigenvalue weighted by molar-refractivity contribution is 0.270. The highest BCUT2D eigenvalue weighted by atomic mass is 35.5. The molecule has 0 spiro atoms. The second-order valence-corrected chi connectivity index (χ2v) is 7.31. The van der Waals surface area contributed by atoms with Gasteiger partial charge in [-0.3, -0.25) is 0 Å². The summed E-state index contributed by atoms with van der Waals surface area (Å²) in [5.41, 5.74) is 0. The molecule has 0 radical (unpaired) electrons. The molecule has 0 unspecified atom stereocenters. The summed E-state index contributed by atoms with van der Waals surface area (Å²) in [4.78, 5) is 0. The summed E-state index contributed by atoms with van der Waals surface area (Å²) in [6, 6.07) is 0. The molecule has 1 rings (SSSR count). The van der Waals surface area contributed by atoms with Gasteiger partial charge < -0.3 is 0 Å². The van der Waals surface area contributed by atoms with Crippen LogP contribution in [0.5, 0.6) is 0 Å². The van der Waals surface area contributed by atoms with Gasteiger partial charge in [0, 0.05) is 12.4 Å². The molecule has 0 atom stereocenters. The van der Waals surface area contributed by atoms with E-state index in [4.69, 9.17) is 11.6 Å². The Kier molecular flexibility index (Phi) is 6.82. The van der Waals surface area contributed by atoms with Crippen molar-refractivity contribution in [3.63, 3.8) is 0 Å². The van der Waals surface area contributed by atoms with E-state index in [1.165, 1.54) is 19.3 Å². The van der Waals surface area contributed by atoms with Gasteiger partial charge in [0.2, 0.25) is 10.0 Å². The number of rotatable bonds is 7. The van der Waals surface area contributed by atoms with Crippen LogP contribution in [0.1, 0.15) is 45.4 Å². The molecule has 1 saturated carbocycles. The summed E-state index contributed by atoms with van der Waals surface area (Å²) in [6.45, 7) is 2.85. The van der Waals surface area contributed by atoms with Gasteiger partial charge in [-0.2, -0.15) is 0 Å². The van der Waals surface area contributed by atoms with E-state index in [1.807, 2.05) is 0 Å². The van der Waals surface area contributed by atoms with Gasteiger partial charge in [0.25, 0.3) is 0 Å². The quantitative estimate of drug-likeness (QED) is 0.730. The van der Waals surface area contributed by atoms with E-state index in [0.717, 1.165) is 18.8 Å². The first-order valence-electron chi connectivity index (χ1n) is 6.60. The Morgan fingerprint density at radius 3 is 2.29 bits per heavy atom. The van der Waals surface area contributed by atoms with Crippen molar-refractivity contribution in [3.05, 3.63) is 0 Å². The highest BCUT2D eigenvalue weighted by molar-refractivity contribution is 7.89. The number of hydrogen-bond donors (Lipinski definition) is 1. The maximum atomic E-state index is 11.6. The molecule has 5 heteroatoms. The molecule has 0 aliphatic heterocycles. The van der Waals surface area contributed by atoms with Crippen LogP contribution in [0.4, 0.5) is 0 Å². The van der Waals surface area contributed by atoms with Gasteiger partial charge in [0.15, 0.2) is 0 Å². The third-order valence-corrected chi connectivity index (χ3v) is 5.38. The molecule has 0 amide bonds. The van der Waals surface area contributed by atoms with Crippen molar-refractivity contribution < 1.29 is 8.42 Å². The zero-order chi connectivity index (χ0) is 12.7. The van der Waals surface area contributed by atoms with Crippen LogP contribution in [0.25, 0.3) is 0 Å². The highest BCUT2D eigenvalue weighted by Gasteiger charge is 2.21. The molecule has 17 heavy (non-hydrogen) atoms. The van der Waals surface area contributed by atoms with Crippen LogP contribution in [0.15, 0.2) is 0 Å². The molecule has 3 nitrogen and oxygen atoms in total. The van der Waals surface area contributed by atoms with E-state index >= 15 is 0 Å². The SMILES string of the molecule is CCC1CCC(CNS(=O)(=O)CCCCl)CC1. The normalized spacial score (nSPS) is 26.0. The van der Waals surface area contributed by atoms with Crippen LogP contribution in [0, 0.1) is 11.8 Å². The lowest BCUT2D eigenvalue weighted by Gasteiger charge is -2.27. The second kappa shape index (κ2) is 7.59. The molecule has 0 aromatic carbocycles. The van der Waals surface area contributed by atoms with Crippen molar-refractivity contribution >= 4 is 21.6 Å². The summed E-state index contributed by atoms with van der Waals surface area (Å²) in [5, 5.41) is 0. The average molecular weight is 282 g/mol. The number of hydrogen-bond acceptors (Lipinski definition) is 2. The highest BCUT2D eigenvalue weighted by Crippen LogP contribution is 2.30. The van der Waals surface area contributed by atoms with Crippen LogP contribution in [-0.4, -0.2) is 26.6 Å². The Morgan fingerprint density at radius 2 is 1.76 bits per heavy atom. The number of halogens is 1. The first-order valence-corrected chi connectivity index (χ1v) is 8.79. The van der Waals surface area contributed by atoms with Crippen molar-refractivity contribution in [3.8, 4) is 0 Å². The molecule has 1 fully saturated rings. The fourth-order valence-corrected chi connectivity index (χ4v) is 3.86. The van der Waals surface area contributed by atoms with Gasteiger partial charge >= 0.3 is 0 Å². The van der Waals surface area contributed by atoms with Crippen molar-refractivity contribution in [1.29, 1.82) is 0 Å². The van der Waals surface area contributed by atoms with E-state index in [0.29, 0.717) is 24.8 Å². The Bertz CT molecular complexity index is 298. The average Bonchev–Trinajstić information content (AvgIpc) is 2.35. The standard InChI is InChI=1S/C12H24ClNO2S/c1-2-11-4-6-12(7-5-11)10-14-17(15,16)9-3-8-13/h11-12,14H,2-10H2,1H3. The first kappa shape index (κ1) is 15.3. The zero-order valence-corrected chi connectivity index (χ0v) is 12.2. The van der Waals surface area contributed by atoms with E-state index < -0.39 is 10.0 Å². The molecular weight excluding hydrogens is 258 g/mol. The minimum Gasteiger partial charge on any atom is -0.215 e. The van der Waals surface area contributed by atoms with Crippen LogP contribution >= 0.6 is 11.6 Å². The lowest BCUT2D eigenvalue weighted by Crippen LogP contribution is -2.33. The molecule has 0 saturated heterocycles. The Morgan fingerprint density at radius 1 is 1.18 bits per heavy atom. The van der Waals surface area contributed by atoms with Crippen molar-refractivity contribution in [2.45, 2.75) is 45.4 Å². The molecule has 0 aromatic heterocycles. The van der Waals surface area contributed by atoms with Gasteiger partial charge in [0.1, 0.15) is 0 Å². The zero-order valence-electron chi connectivity index (χ0n) is 10.6. The smallest absolute Gasteiger partial charge is 0.211 e. The van der Waals surface area contributed by atoms with Crippen molar-refractivity contribution in [1.82, 2.24) is 4.72 Å². The first-order chi connectivity index (χ1) is 8.07. The number of alkyl halides is 1. The van der Waals surface area contributed by atoms with Crippen LogP contribution in [0.3, 0.4) is 0 Å². The van der Waals surface area contributed by atoms with Crippen LogP contribution < -0.4 is 4.72 Å². The van der Waals surface area contributed by atoms with E-state index in [9.17, 15) is 8.42 Å². The second-order valence-electron chi connectivity index (χ2n) is 5.00. The van der Waals surface area contributed by atoms with E-state index in [2.05, 4.69) is 11.6 Å². The fourth-order valence-electron chi connectivity index (χ4n) is 2.41. The summed E-state index contributed by atoms with van der Waals surface area (Å²) < 4.78 is 25.9. The summed E-state index contributed by atoms with van der Waals surface area (Å²) in [7, 11) is -3.10. The topological polar surface area (TPSA) is 46.2 Å². The Hall–Kier alpha value is 0.200. The van der Waals surface area contributed by atoms with Gasteiger partial charge in [-0.1, -0.05) is 26.2 Å². The molecule has 1 N–H and O–H groups in total. The van der Waals surface area contributed by atoms with E-state index in [-0.39, 0.29) is 5.75 Å². The van der Waals surface area contributed by atoms with Crippen LogP contribution in [-0.2, 0) is 10.0 Å². The predicted molar refractivity (Wildman–Crippen MR) is 72.9 cm³/mol.